The summed E-state index contributed by atoms with van der Waals surface area (Å²) in [5.74, 6) is 6.19. The fraction of sp³-hybridized carbons (Fsp3) is 0.600. The van der Waals surface area contributed by atoms with Crippen LogP contribution in [0.25, 0.3) is 0 Å². The predicted octanol–water partition coefficient (Wildman–Crippen LogP) is 3.92. The molecule has 1 saturated carbocycles. The van der Waals surface area contributed by atoms with Crippen LogP contribution in [-0.4, -0.2) is 17.0 Å². The van der Waals surface area contributed by atoms with Crippen LogP contribution in [-0.2, 0) is 6.42 Å². The Morgan fingerprint density at radius 3 is 2.80 bits per heavy atom. The summed E-state index contributed by atoms with van der Waals surface area (Å²) in [5, 5.41) is 0.919. The Morgan fingerprint density at radius 2 is 2.10 bits per heavy atom. The van der Waals surface area contributed by atoms with E-state index in [9.17, 15) is 4.39 Å². The van der Waals surface area contributed by atoms with Gasteiger partial charge < -0.3 is 0 Å². The van der Waals surface area contributed by atoms with Crippen LogP contribution in [0, 0.1) is 5.82 Å². The predicted molar refractivity (Wildman–Crippen MR) is 85.6 cm³/mol. The zero-order valence-electron chi connectivity index (χ0n) is 11.6. The van der Waals surface area contributed by atoms with Gasteiger partial charge in [0.1, 0.15) is 5.82 Å². The van der Waals surface area contributed by atoms with E-state index >= 15 is 0 Å². The van der Waals surface area contributed by atoms with E-state index in [1.54, 1.807) is 18.2 Å². The molecule has 0 bridgehead atoms. The first-order chi connectivity index (χ1) is 9.70. The van der Waals surface area contributed by atoms with Gasteiger partial charge in [-0.2, -0.15) is 11.8 Å². The van der Waals surface area contributed by atoms with E-state index in [4.69, 9.17) is 17.4 Å². The monoisotopic (exact) mass is 316 g/mol. The first-order valence-corrected chi connectivity index (χ1v) is 8.64. The molecule has 0 spiro atoms. The minimum Gasteiger partial charge on any atom is -0.271 e. The maximum absolute atomic E-state index is 13.9. The fourth-order valence-corrected chi connectivity index (χ4v) is 4.20. The highest BCUT2D eigenvalue weighted by molar-refractivity contribution is 7.99. The molecule has 1 unspecified atom stereocenters. The lowest BCUT2D eigenvalue weighted by atomic mass is 10.0. The number of hydrazine groups is 1. The summed E-state index contributed by atoms with van der Waals surface area (Å²) >= 11 is 7.77. The van der Waals surface area contributed by atoms with Gasteiger partial charge in [-0.05, 0) is 30.9 Å². The van der Waals surface area contributed by atoms with Crippen molar-refractivity contribution in [1.29, 1.82) is 0 Å². The van der Waals surface area contributed by atoms with E-state index in [1.807, 2.05) is 11.8 Å². The SMILES string of the molecule is NNC(CSC1CCCCC1)Cc1cccc(Cl)c1F. The van der Waals surface area contributed by atoms with Crippen molar-refractivity contribution in [2.75, 3.05) is 5.75 Å². The smallest absolute Gasteiger partial charge is 0.145 e. The molecule has 2 rings (SSSR count). The number of thioether (sulfide) groups is 1. The van der Waals surface area contributed by atoms with Crippen molar-refractivity contribution < 1.29 is 4.39 Å². The van der Waals surface area contributed by atoms with E-state index in [-0.39, 0.29) is 16.9 Å². The van der Waals surface area contributed by atoms with Crippen molar-refractivity contribution in [2.24, 2.45) is 5.84 Å². The third kappa shape index (κ3) is 4.62. The molecular weight excluding hydrogens is 295 g/mol. The number of nitrogens with two attached hydrogens (primary N) is 1. The van der Waals surface area contributed by atoms with Gasteiger partial charge in [0.2, 0.25) is 0 Å². The van der Waals surface area contributed by atoms with Gasteiger partial charge in [-0.3, -0.25) is 11.3 Å². The summed E-state index contributed by atoms with van der Waals surface area (Å²) in [6.07, 6.45) is 7.20. The summed E-state index contributed by atoms with van der Waals surface area (Å²) in [7, 11) is 0. The third-order valence-corrected chi connectivity index (χ3v) is 5.65. The second-order valence-corrected chi connectivity index (χ2v) is 7.11. The average molecular weight is 317 g/mol. The van der Waals surface area contributed by atoms with Crippen molar-refractivity contribution in [2.45, 2.75) is 49.8 Å². The Bertz CT molecular complexity index is 424. The maximum Gasteiger partial charge on any atom is 0.145 e. The molecule has 1 aliphatic carbocycles. The molecule has 0 radical (unpaired) electrons. The lowest BCUT2D eigenvalue weighted by molar-refractivity contribution is 0.511. The van der Waals surface area contributed by atoms with Crippen LogP contribution in [0.15, 0.2) is 18.2 Å². The summed E-state index contributed by atoms with van der Waals surface area (Å²) < 4.78 is 13.9. The number of hydrogen-bond donors (Lipinski definition) is 2. The Morgan fingerprint density at radius 1 is 1.35 bits per heavy atom. The summed E-state index contributed by atoms with van der Waals surface area (Å²) in [4.78, 5) is 0. The van der Waals surface area contributed by atoms with Crippen molar-refractivity contribution >= 4 is 23.4 Å². The molecule has 0 heterocycles. The largest absolute Gasteiger partial charge is 0.271 e. The summed E-state index contributed by atoms with van der Waals surface area (Å²) in [6, 6.07) is 5.21. The number of halogens is 2. The summed E-state index contributed by atoms with van der Waals surface area (Å²) in [5.41, 5.74) is 3.44. The van der Waals surface area contributed by atoms with Crippen LogP contribution < -0.4 is 11.3 Å². The second kappa shape index (κ2) is 8.23. The average Bonchev–Trinajstić information content (AvgIpc) is 2.49. The van der Waals surface area contributed by atoms with E-state index < -0.39 is 0 Å². The van der Waals surface area contributed by atoms with Gasteiger partial charge in [-0.25, -0.2) is 4.39 Å². The summed E-state index contributed by atoms with van der Waals surface area (Å²) in [6.45, 7) is 0. The number of nitrogens with one attached hydrogen (secondary N) is 1. The zero-order valence-corrected chi connectivity index (χ0v) is 13.2. The molecule has 1 fully saturated rings. The highest BCUT2D eigenvalue weighted by Crippen LogP contribution is 2.29. The lowest BCUT2D eigenvalue weighted by Crippen LogP contribution is -2.39. The zero-order chi connectivity index (χ0) is 14.4. The first-order valence-electron chi connectivity index (χ1n) is 7.21. The van der Waals surface area contributed by atoms with Crippen molar-refractivity contribution in [1.82, 2.24) is 5.43 Å². The van der Waals surface area contributed by atoms with Crippen LogP contribution in [0.1, 0.15) is 37.7 Å². The molecule has 0 aliphatic heterocycles. The van der Waals surface area contributed by atoms with Crippen molar-refractivity contribution in [3.05, 3.63) is 34.6 Å². The van der Waals surface area contributed by atoms with Crippen molar-refractivity contribution in [3.63, 3.8) is 0 Å². The number of hydrogen-bond acceptors (Lipinski definition) is 3. The van der Waals surface area contributed by atoms with Gasteiger partial charge in [0.05, 0.1) is 5.02 Å². The minimum atomic E-state index is -0.322. The van der Waals surface area contributed by atoms with E-state index in [2.05, 4.69) is 5.43 Å². The quantitative estimate of drug-likeness (QED) is 0.617. The van der Waals surface area contributed by atoms with Crippen LogP contribution in [0.2, 0.25) is 5.02 Å². The molecule has 112 valence electrons. The fourth-order valence-electron chi connectivity index (χ4n) is 2.62. The Labute approximate surface area is 129 Å². The molecular formula is C15H22ClFN2S. The molecule has 0 saturated heterocycles. The van der Waals surface area contributed by atoms with E-state index in [1.165, 1.54) is 32.1 Å². The molecule has 0 amide bonds. The first kappa shape index (κ1) is 16.1. The Kier molecular flexibility index (Phi) is 6.62. The van der Waals surface area contributed by atoms with Gasteiger partial charge in [-0.15, -0.1) is 0 Å². The number of benzene rings is 1. The van der Waals surface area contributed by atoms with Crippen LogP contribution >= 0.6 is 23.4 Å². The highest BCUT2D eigenvalue weighted by Gasteiger charge is 2.18. The van der Waals surface area contributed by atoms with Crippen LogP contribution in [0.3, 0.4) is 0 Å². The Balaban J connectivity index is 1.86. The molecule has 3 N–H and O–H groups in total. The molecule has 0 aromatic heterocycles. The molecule has 1 aliphatic rings. The second-order valence-electron chi connectivity index (χ2n) is 5.37. The number of rotatable bonds is 6. The molecule has 5 heteroatoms. The molecule has 1 atom stereocenters. The molecule has 1 aromatic rings. The van der Waals surface area contributed by atoms with E-state index in [0.29, 0.717) is 12.0 Å². The van der Waals surface area contributed by atoms with Gasteiger partial charge >= 0.3 is 0 Å². The molecule has 20 heavy (non-hydrogen) atoms. The van der Waals surface area contributed by atoms with Crippen LogP contribution in [0.5, 0.6) is 0 Å². The van der Waals surface area contributed by atoms with Crippen molar-refractivity contribution in [3.8, 4) is 0 Å². The molecule has 1 aromatic carbocycles. The topological polar surface area (TPSA) is 38.0 Å². The van der Waals surface area contributed by atoms with E-state index in [0.717, 1.165) is 11.0 Å². The van der Waals surface area contributed by atoms with Gasteiger partial charge in [0.25, 0.3) is 0 Å². The van der Waals surface area contributed by atoms with Gasteiger partial charge in [0.15, 0.2) is 0 Å². The minimum absolute atomic E-state index is 0.0786. The standard InChI is InChI=1S/C15H22ClFN2S/c16-14-8-4-5-11(15(14)17)9-12(19-18)10-20-13-6-2-1-3-7-13/h4-5,8,12-13,19H,1-3,6-7,9-10,18H2. The highest BCUT2D eigenvalue weighted by atomic mass is 35.5. The third-order valence-electron chi connectivity index (χ3n) is 3.82. The Hall–Kier alpha value is -0.290. The lowest BCUT2D eigenvalue weighted by Gasteiger charge is -2.24. The normalized spacial score (nSPS) is 18.1. The maximum atomic E-state index is 13.9. The molecule has 2 nitrogen and oxygen atoms in total. The van der Waals surface area contributed by atoms with Gasteiger partial charge in [0, 0.05) is 17.0 Å². The van der Waals surface area contributed by atoms with Crippen LogP contribution in [0.4, 0.5) is 4.39 Å². The van der Waals surface area contributed by atoms with Gasteiger partial charge in [-0.1, -0.05) is 43.0 Å².